The SMILES string of the molecule is O=C(CCCOc1ccccc1)N[C@H]1CCc2nccn2C1. The number of carbonyl (C=O) groups excluding carboxylic acids is 1. The first-order chi connectivity index (χ1) is 10.8. The molecule has 0 saturated carbocycles. The molecule has 0 bridgehead atoms. The summed E-state index contributed by atoms with van der Waals surface area (Å²) in [5.41, 5.74) is 0. The number of rotatable bonds is 6. The van der Waals surface area contributed by atoms with Gasteiger partial charge in [0.25, 0.3) is 0 Å². The molecule has 1 aliphatic heterocycles. The molecule has 1 aliphatic rings. The third kappa shape index (κ3) is 3.87. The molecular formula is C17H21N3O2. The number of hydrogen-bond donors (Lipinski definition) is 1. The lowest BCUT2D eigenvalue weighted by Gasteiger charge is -2.24. The van der Waals surface area contributed by atoms with Gasteiger partial charge >= 0.3 is 0 Å². The molecule has 0 spiro atoms. The maximum atomic E-state index is 12.0. The summed E-state index contributed by atoms with van der Waals surface area (Å²) in [6.07, 6.45) is 6.91. The monoisotopic (exact) mass is 299 g/mol. The predicted octanol–water partition coefficient (Wildman–Crippen LogP) is 2.17. The predicted molar refractivity (Wildman–Crippen MR) is 83.6 cm³/mol. The molecule has 0 saturated heterocycles. The van der Waals surface area contributed by atoms with Crippen molar-refractivity contribution in [3.05, 3.63) is 48.5 Å². The van der Waals surface area contributed by atoms with Crippen molar-refractivity contribution in [3.8, 4) is 5.75 Å². The van der Waals surface area contributed by atoms with Gasteiger partial charge < -0.3 is 14.6 Å². The van der Waals surface area contributed by atoms with Gasteiger partial charge in [0, 0.05) is 37.8 Å². The van der Waals surface area contributed by atoms with Gasteiger partial charge in [-0.25, -0.2) is 4.98 Å². The molecule has 2 aromatic rings. The number of hydrogen-bond acceptors (Lipinski definition) is 3. The lowest BCUT2D eigenvalue weighted by molar-refractivity contribution is -0.122. The van der Waals surface area contributed by atoms with Crippen LogP contribution in [0, 0.1) is 0 Å². The number of aromatic nitrogens is 2. The highest BCUT2D eigenvalue weighted by Gasteiger charge is 2.19. The first-order valence-corrected chi connectivity index (χ1v) is 7.78. The fourth-order valence-corrected chi connectivity index (χ4v) is 2.72. The Kier molecular flexibility index (Phi) is 4.73. The molecule has 0 fully saturated rings. The van der Waals surface area contributed by atoms with E-state index in [9.17, 15) is 4.79 Å². The number of ether oxygens (including phenoxy) is 1. The molecule has 116 valence electrons. The molecule has 0 aliphatic carbocycles. The summed E-state index contributed by atoms with van der Waals surface area (Å²) in [5.74, 6) is 2.06. The normalized spacial score (nSPS) is 16.8. The van der Waals surface area contributed by atoms with Crippen LogP contribution >= 0.6 is 0 Å². The Morgan fingerprint density at radius 2 is 2.23 bits per heavy atom. The molecule has 22 heavy (non-hydrogen) atoms. The number of benzene rings is 1. The van der Waals surface area contributed by atoms with Crippen LogP contribution in [0.5, 0.6) is 5.75 Å². The fraction of sp³-hybridized carbons (Fsp3) is 0.412. The van der Waals surface area contributed by atoms with E-state index in [2.05, 4.69) is 14.9 Å². The molecule has 1 N–H and O–H groups in total. The van der Waals surface area contributed by atoms with E-state index in [0.29, 0.717) is 13.0 Å². The lowest BCUT2D eigenvalue weighted by atomic mass is 10.1. The van der Waals surface area contributed by atoms with Crippen LogP contribution in [0.15, 0.2) is 42.7 Å². The van der Waals surface area contributed by atoms with Crippen molar-refractivity contribution in [1.82, 2.24) is 14.9 Å². The molecule has 2 heterocycles. The molecule has 1 atom stereocenters. The number of nitrogens with one attached hydrogen (secondary N) is 1. The summed E-state index contributed by atoms with van der Waals surface area (Å²) in [4.78, 5) is 16.3. The first kappa shape index (κ1) is 14.6. The topological polar surface area (TPSA) is 56.1 Å². The molecule has 0 radical (unpaired) electrons. The van der Waals surface area contributed by atoms with Crippen LogP contribution < -0.4 is 10.1 Å². The standard InChI is InChI=1S/C17H21N3O2/c21-17(7-4-12-22-15-5-2-1-3-6-15)19-14-8-9-16-18-10-11-20(16)13-14/h1-3,5-6,10-11,14H,4,7-9,12-13H2,(H,19,21)/t14-/m0/s1. The molecule has 5 heteroatoms. The summed E-state index contributed by atoms with van der Waals surface area (Å²) >= 11 is 0. The first-order valence-electron chi connectivity index (χ1n) is 7.78. The van der Waals surface area contributed by atoms with E-state index in [1.54, 1.807) is 0 Å². The quantitative estimate of drug-likeness (QED) is 0.832. The van der Waals surface area contributed by atoms with Gasteiger partial charge in [-0.15, -0.1) is 0 Å². The maximum Gasteiger partial charge on any atom is 0.220 e. The number of para-hydroxylation sites is 1. The van der Waals surface area contributed by atoms with E-state index < -0.39 is 0 Å². The Morgan fingerprint density at radius 3 is 3.09 bits per heavy atom. The summed E-state index contributed by atoms with van der Waals surface area (Å²) in [7, 11) is 0. The summed E-state index contributed by atoms with van der Waals surface area (Å²) in [6.45, 7) is 1.38. The minimum absolute atomic E-state index is 0.102. The van der Waals surface area contributed by atoms with E-state index in [1.165, 1.54) is 0 Å². The average molecular weight is 299 g/mol. The summed E-state index contributed by atoms with van der Waals surface area (Å²) < 4.78 is 7.71. The third-order valence-corrected chi connectivity index (χ3v) is 3.86. The van der Waals surface area contributed by atoms with Gasteiger partial charge in [0.2, 0.25) is 5.91 Å². The third-order valence-electron chi connectivity index (χ3n) is 3.86. The number of carbonyl (C=O) groups is 1. The van der Waals surface area contributed by atoms with E-state index in [4.69, 9.17) is 4.74 Å². The minimum Gasteiger partial charge on any atom is -0.494 e. The van der Waals surface area contributed by atoms with Crippen LogP contribution in [0.2, 0.25) is 0 Å². The highest BCUT2D eigenvalue weighted by Crippen LogP contribution is 2.13. The molecule has 1 aromatic carbocycles. The fourth-order valence-electron chi connectivity index (χ4n) is 2.72. The van der Waals surface area contributed by atoms with Crippen molar-refractivity contribution < 1.29 is 9.53 Å². The van der Waals surface area contributed by atoms with Crippen LogP contribution in [0.3, 0.4) is 0 Å². The van der Waals surface area contributed by atoms with Crippen molar-refractivity contribution in [1.29, 1.82) is 0 Å². The largest absolute Gasteiger partial charge is 0.494 e. The number of imidazole rings is 1. The second kappa shape index (κ2) is 7.11. The Labute approximate surface area is 130 Å². The second-order valence-corrected chi connectivity index (χ2v) is 5.56. The Hall–Kier alpha value is -2.30. The molecular weight excluding hydrogens is 278 g/mol. The number of nitrogens with zero attached hydrogens (tertiary/aromatic N) is 2. The zero-order valence-electron chi connectivity index (χ0n) is 12.6. The van der Waals surface area contributed by atoms with Crippen molar-refractivity contribution in [2.45, 2.75) is 38.3 Å². The van der Waals surface area contributed by atoms with Crippen LogP contribution in [0.4, 0.5) is 0 Å². The smallest absolute Gasteiger partial charge is 0.220 e. The van der Waals surface area contributed by atoms with Crippen molar-refractivity contribution in [2.24, 2.45) is 0 Å². The number of amides is 1. The van der Waals surface area contributed by atoms with E-state index in [1.807, 2.05) is 42.7 Å². The molecule has 3 rings (SSSR count). The zero-order valence-corrected chi connectivity index (χ0v) is 12.6. The van der Waals surface area contributed by atoms with Crippen LogP contribution in [-0.4, -0.2) is 28.1 Å². The van der Waals surface area contributed by atoms with Gasteiger partial charge in [0.05, 0.1) is 6.61 Å². The van der Waals surface area contributed by atoms with Crippen LogP contribution in [0.25, 0.3) is 0 Å². The molecule has 1 amide bonds. The number of aryl methyl sites for hydroxylation is 1. The van der Waals surface area contributed by atoms with Crippen LogP contribution in [-0.2, 0) is 17.8 Å². The molecule has 1 aromatic heterocycles. The van der Waals surface area contributed by atoms with Gasteiger partial charge in [-0.05, 0) is 25.0 Å². The van der Waals surface area contributed by atoms with Gasteiger partial charge in [-0.3, -0.25) is 4.79 Å². The second-order valence-electron chi connectivity index (χ2n) is 5.56. The van der Waals surface area contributed by atoms with Gasteiger partial charge in [-0.2, -0.15) is 0 Å². The van der Waals surface area contributed by atoms with Crippen molar-refractivity contribution in [3.63, 3.8) is 0 Å². The van der Waals surface area contributed by atoms with E-state index in [-0.39, 0.29) is 11.9 Å². The molecule has 5 nitrogen and oxygen atoms in total. The van der Waals surface area contributed by atoms with Crippen LogP contribution in [0.1, 0.15) is 25.1 Å². The van der Waals surface area contributed by atoms with E-state index in [0.717, 1.165) is 37.4 Å². The number of fused-ring (bicyclic) bond motifs is 1. The highest BCUT2D eigenvalue weighted by molar-refractivity contribution is 5.76. The van der Waals surface area contributed by atoms with E-state index >= 15 is 0 Å². The highest BCUT2D eigenvalue weighted by atomic mass is 16.5. The lowest BCUT2D eigenvalue weighted by Crippen LogP contribution is -2.40. The van der Waals surface area contributed by atoms with Gasteiger partial charge in [-0.1, -0.05) is 18.2 Å². The minimum atomic E-state index is 0.102. The van der Waals surface area contributed by atoms with Gasteiger partial charge in [0.1, 0.15) is 11.6 Å². The summed E-state index contributed by atoms with van der Waals surface area (Å²) in [5, 5.41) is 3.11. The average Bonchev–Trinajstić information content (AvgIpc) is 3.00. The van der Waals surface area contributed by atoms with Crippen molar-refractivity contribution in [2.75, 3.05) is 6.61 Å². The Balaban J connectivity index is 1.35. The summed E-state index contributed by atoms with van der Waals surface area (Å²) in [6, 6.07) is 9.89. The Morgan fingerprint density at radius 1 is 1.36 bits per heavy atom. The van der Waals surface area contributed by atoms with Crippen molar-refractivity contribution >= 4 is 5.91 Å². The Bertz CT molecular complexity index is 609. The zero-order chi connectivity index (χ0) is 15.2. The van der Waals surface area contributed by atoms with Gasteiger partial charge in [0.15, 0.2) is 0 Å². The maximum absolute atomic E-state index is 12.0. The molecule has 0 unspecified atom stereocenters.